The molecular formula is C20H27N3O2S. The molecule has 1 aromatic carbocycles. The van der Waals surface area contributed by atoms with Crippen LogP contribution in [0.5, 0.6) is 0 Å². The van der Waals surface area contributed by atoms with Crippen molar-refractivity contribution >= 4 is 23.7 Å². The van der Waals surface area contributed by atoms with Gasteiger partial charge in [0, 0.05) is 42.7 Å². The zero-order valence-corrected chi connectivity index (χ0v) is 16.0. The number of fused-ring (bicyclic) bond motifs is 1. The average molecular weight is 374 g/mol. The van der Waals surface area contributed by atoms with Crippen molar-refractivity contribution in [3.63, 3.8) is 0 Å². The van der Waals surface area contributed by atoms with Gasteiger partial charge in [0.15, 0.2) is 0 Å². The Morgan fingerprint density at radius 1 is 1.00 bits per heavy atom. The van der Waals surface area contributed by atoms with E-state index in [1.54, 1.807) is 0 Å². The summed E-state index contributed by atoms with van der Waals surface area (Å²) in [6, 6.07) is 6.50. The summed E-state index contributed by atoms with van der Waals surface area (Å²) in [4.78, 5) is 30.3. The van der Waals surface area contributed by atoms with Crippen LogP contribution in [0, 0.1) is 0 Å². The number of rotatable bonds is 2. The number of carbonyl (C=O) groups is 2. The summed E-state index contributed by atoms with van der Waals surface area (Å²) < 4.78 is 0. The second-order valence-electron chi connectivity index (χ2n) is 7.48. The quantitative estimate of drug-likeness (QED) is 0.866. The Balaban J connectivity index is 1.32. The van der Waals surface area contributed by atoms with Crippen molar-refractivity contribution in [3.05, 3.63) is 29.3 Å². The van der Waals surface area contributed by atoms with Crippen molar-refractivity contribution in [2.75, 3.05) is 31.9 Å². The van der Waals surface area contributed by atoms with Crippen molar-refractivity contribution in [2.45, 2.75) is 49.5 Å². The zero-order valence-electron chi connectivity index (χ0n) is 15.2. The topological polar surface area (TPSA) is 52.7 Å². The van der Waals surface area contributed by atoms with E-state index in [0.29, 0.717) is 32.2 Å². The highest BCUT2D eigenvalue weighted by atomic mass is 32.2. The van der Waals surface area contributed by atoms with Gasteiger partial charge in [0.25, 0.3) is 5.91 Å². The third kappa shape index (κ3) is 3.85. The van der Waals surface area contributed by atoms with E-state index in [1.165, 1.54) is 35.5 Å². The number of benzene rings is 1. The molecule has 1 saturated carbocycles. The van der Waals surface area contributed by atoms with Gasteiger partial charge in [0.05, 0.1) is 0 Å². The lowest BCUT2D eigenvalue weighted by atomic mass is 10.1. The minimum atomic E-state index is 0.0369. The first-order valence-corrected chi connectivity index (χ1v) is 10.8. The SMILES string of the molecule is O=C(NC1CCCC1)N1CCN(C(=O)c2ccc3c(c2)CCCS3)CC1. The molecule has 0 bridgehead atoms. The zero-order chi connectivity index (χ0) is 17.9. The molecule has 1 N–H and O–H groups in total. The van der Waals surface area contributed by atoms with Gasteiger partial charge in [-0.25, -0.2) is 4.79 Å². The van der Waals surface area contributed by atoms with Gasteiger partial charge in [-0.05, 0) is 55.2 Å². The Labute approximate surface area is 159 Å². The number of urea groups is 1. The maximum absolute atomic E-state index is 12.8. The van der Waals surface area contributed by atoms with Gasteiger partial charge in [-0.15, -0.1) is 11.8 Å². The van der Waals surface area contributed by atoms with Crippen LogP contribution in [-0.4, -0.2) is 59.7 Å². The molecular weight excluding hydrogens is 346 g/mol. The molecule has 1 saturated heterocycles. The van der Waals surface area contributed by atoms with E-state index in [1.807, 2.05) is 27.6 Å². The number of nitrogens with zero attached hydrogens (tertiary/aromatic N) is 2. The fourth-order valence-electron chi connectivity index (χ4n) is 4.12. The van der Waals surface area contributed by atoms with Crippen molar-refractivity contribution in [3.8, 4) is 0 Å². The summed E-state index contributed by atoms with van der Waals surface area (Å²) in [7, 11) is 0. The number of piperazine rings is 1. The highest BCUT2D eigenvalue weighted by Gasteiger charge is 2.27. The number of nitrogens with one attached hydrogen (secondary N) is 1. The molecule has 6 heteroatoms. The van der Waals surface area contributed by atoms with Crippen LogP contribution in [0.1, 0.15) is 48.0 Å². The molecule has 26 heavy (non-hydrogen) atoms. The van der Waals surface area contributed by atoms with E-state index in [-0.39, 0.29) is 11.9 Å². The lowest BCUT2D eigenvalue weighted by Crippen LogP contribution is -2.54. The number of amides is 3. The van der Waals surface area contributed by atoms with Gasteiger partial charge in [0.1, 0.15) is 0 Å². The molecule has 5 nitrogen and oxygen atoms in total. The van der Waals surface area contributed by atoms with Crippen molar-refractivity contribution < 1.29 is 9.59 Å². The van der Waals surface area contributed by atoms with Gasteiger partial charge in [0.2, 0.25) is 0 Å². The fraction of sp³-hybridized carbons (Fsp3) is 0.600. The lowest BCUT2D eigenvalue weighted by molar-refractivity contribution is 0.0663. The van der Waals surface area contributed by atoms with Crippen LogP contribution in [-0.2, 0) is 6.42 Å². The van der Waals surface area contributed by atoms with E-state index >= 15 is 0 Å². The minimum Gasteiger partial charge on any atom is -0.335 e. The van der Waals surface area contributed by atoms with E-state index in [0.717, 1.165) is 24.8 Å². The summed E-state index contributed by atoms with van der Waals surface area (Å²) >= 11 is 1.88. The molecule has 3 aliphatic rings. The molecule has 2 aliphatic heterocycles. The molecule has 0 unspecified atom stereocenters. The molecule has 0 aromatic heterocycles. The third-order valence-electron chi connectivity index (χ3n) is 5.69. The van der Waals surface area contributed by atoms with Crippen molar-refractivity contribution in [2.24, 2.45) is 0 Å². The van der Waals surface area contributed by atoms with Gasteiger partial charge < -0.3 is 15.1 Å². The molecule has 0 spiro atoms. The summed E-state index contributed by atoms with van der Waals surface area (Å²) in [5.41, 5.74) is 2.09. The average Bonchev–Trinajstić information content (AvgIpc) is 3.20. The minimum absolute atomic E-state index is 0.0369. The van der Waals surface area contributed by atoms with Gasteiger partial charge in [-0.1, -0.05) is 12.8 Å². The number of aryl methyl sites for hydroxylation is 1. The molecule has 1 aliphatic carbocycles. The maximum Gasteiger partial charge on any atom is 0.317 e. The highest BCUT2D eigenvalue weighted by molar-refractivity contribution is 7.99. The smallest absolute Gasteiger partial charge is 0.317 e. The normalized spacial score (nSPS) is 20.8. The first kappa shape index (κ1) is 17.7. The second kappa shape index (κ2) is 7.91. The Morgan fingerprint density at radius 2 is 1.73 bits per heavy atom. The Bertz CT molecular complexity index is 680. The second-order valence-corrected chi connectivity index (χ2v) is 8.62. The number of hydrogen-bond donors (Lipinski definition) is 1. The molecule has 1 aromatic rings. The van der Waals surface area contributed by atoms with E-state index in [9.17, 15) is 9.59 Å². The predicted octanol–water partition coefficient (Wildman–Crippen LogP) is 3.13. The number of carbonyl (C=O) groups excluding carboxylic acids is 2. The maximum atomic E-state index is 12.8. The lowest BCUT2D eigenvalue weighted by Gasteiger charge is -2.35. The third-order valence-corrected chi connectivity index (χ3v) is 6.89. The Morgan fingerprint density at radius 3 is 2.50 bits per heavy atom. The van der Waals surface area contributed by atoms with Crippen molar-refractivity contribution in [1.29, 1.82) is 0 Å². The van der Waals surface area contributed by atoms with E-state index < -0.39 is 0 Å². The number of hydrogen-bond acceptors (Lipinski definition) is 3. The molecule has 0 atom stereocenters. The molecule has 2 heterocycles. The van der Waals surface area contributed by atoms with Crippen LogP contribution in [0.15, 0.2) is 23.1 Å². The first-order valence-electron chi connectivity index (χ1n) is 9.81. The number of thioether (sulfide) groups is 1. The summed E-state index contributed by atoms with van der Waals surface area (Å²) in [6.07, 6.45) is 6.88. The van der Waals surface area contributed by atoms with Gasteiger partial charge in [-0.3, -0.25) is 4.79 Å². The van der Waals surface area contributed by atoms with E-state index in [2.05, 4.69) is 17.4 Å². The van der Waals surface area contributed by atoms with Crippen LogP contribution >= 0.6 is 11.8 Å². The van der Waals surface area contributed by atoms with Crippen LogP contribution in [0.25, 0.3) is 0 Å². The molecule has 3 amide bonds. The van der Waals surface area contributed by atoms with Crippen LogP contribution in [0.2, 0.25) is 0 Å². The monoisotopic (exact) mass is 373 g/mol. The standard InChI is InChI=1S/C20H27N3O2S/c24-19(16-7-8-18-15(14-16)4-3-13-26-18)22-9-11-23(12-10-22)20(25)21-17-5-1-2-6-17/h7-8,14,17H,1-6,9-13H2,(H,21,25). The molecule has 140 valence electrons. The molecule has 2 fully saturated rings. The highest BCUT2D eigenvalue weighted by Crippen LogP contribution is 2.30. The molecule has 0 radical (unpaired) electrons. The largest absolute Gasteiger partial charge is 0.335 e. The summed E-state index contributed by atoms with van der Waals surface area (Å²) in [6.45, 7) is 2.46. The van der Waals surface area contributed by atoms with Crippen molar-refractivity contribution in [1.82, 2.24) is 15.1 Å². The first-order chi connectivity index (χ1) is 12.7. The Kier molecular flexibility index (Phi) is 5.38. The molecule has 4 rings (SSSR count). The van der Waals surface area contributed by atoms with E-state index in [4.69, 9.17) is 0 Å². The summed E-state index contributed by atoms with van der Waals surface area (Å²) in [5, 5.41) is 3.14. The summed E-state index contributed by atoms with van der Waals surface area (Å²) in [5.74, 6) is 1.27. The van der Waals surface area contributed by atoms with Crippen LogP contribution in [0.4, 0.5) is 4.79 Å². The predicted molar refractivity (Wildman–Crippen MR) is 104 cm³/mol. The fourth-order valence-corrected chi connectivity index (χ4v) is 5.14. The van der Waals surface area contributed by atoms with Gasteiger partial charge in [-0.2, -0.15) is 0 Å². The van der Waals surface area contributed by atoms with Crippen LogP contribution < -0.4 is 5.32 Å². The Hall–Kier alpha value is -1.69. The van der Waals surface area contributed by atoms with Crippen LogP contribution in [0.3, 0.4) is 0 Å². The van der Waals surface area contributed by atoms with Gasteiger partial charge >= 0.3 is 6.03 Å².